The fourth-order valence-corrected chi connectivity index (χ4v) is 4.60. The van der Waals surface area contributed by atoms with Crippen LogP contribution in [0.5, 0.6) is 5.75 Å². The van der Waals surface area contributed by atoms with Gasteiger partial charge in [-0.2, -0.15) is 0 Å². The Morgan fingerprint density at radius 1 is 1.31 bits per heavy atom. The average molecular weight is 380 g/mol. The number of thioether (sulfide) groups is 1. The second-order valence-electron chi connectivity index (χ2n) is 6.87. The lowest BCUT2D eigenvalue weighted by Gasteiger charge is -2.29. The van der Waals surface area contributed by atoms with Gasteiger partial charge in [0.2, 0.25) is 0 Å². The molecule has 1 heterocycles. The first kappa shape index (κ1) is 20.6. The van der Waals surface area contributed by atoms with E-state index >= 15 is 0 Å². The number of amides is 1. The molecule has 1 aromatic carbocycles. The largest absolute Gasteiger partial charge is 0.496 e. The number of carbonyl (C=O) groups excluding carboxylic acids is 2. The highest BCUT2D eigenvalue weighted by atomic mass is 32.2. The monoisotopic (exact) mass is 379 g/mol. The Balaban J connectivity index is 2.26. The van der Waals surface area contributed by atoms with E-state index in [2.05, 4.69) is 20.8 Å². The van der Waals surface area contributed by atoms with Gasteiger partial charge in [0.1, 0.15) is 11.8 Å². The molecule has 0 aromatic heterocycles. The van der Waals surface area contributed by atoms with E-state index in [9.17, 15) is 9.59 Å². The molecule has 6 heteroatoms. The number of benzene rings is 1. The van der Waals surface area contributed by atoms with E-state index in [1.54, 1.807) is 35.9 Å². The summed E-state index contributed by atoms with van der Waals surface area (Å²) in [5.41, 5.74) is 0.484. The maximum Gasteiger partial charge on any atom is 0.329 e. The van der Waals surface area contributed by atoms with Crippen molar-refractivity contribution in [2.24, 2.45) is 5.92 Å². The van der Waals surface area contributed by atoms with E-state index in [-0.39, 0.29) is 17.3 Å². The quantitative estimate of drug-likeness (QED) is 0.505. The molecular weight excluding hydrogens is 350 g/mol. The molecule has 1 aliphatic heterocycles. The first-order valence-corrected chi connectivity index (χ1v) is 10.3. The fraction of sp³-hybridized carbons (Fsp3) is 0.600. The van der Waals surface area contributed by atoms with Crippen LogP contribution in [0.3, 0.4) is 0 Å². The van der Waals surface area contributed by atoms with Crippen LogP contribution in [-0.2, 0) is 9.53 Å². The zero-order valence-corrected chi connectivity index (χ0v) is 16.9. The van der Waals surface area contributed by atoms with Gasteiger partial charge in [-0.25, -0.2) is 4.79 Å². The van der Waals surface area contributed by atoms with Crippen LogP contribution in [0.25, 0.3) is 0 Å². The van der Waals surface area contributed by atoms with E-state index in [1.807, 2.05) is 12.1 Å². The van der Waals surface area contributed by atoms with Crippen molar-refractivity contribution < 1.29 is 19.1 Å². The van der Waals surface area contributed by atoms with Crippen LogP contribution in [0, 0.1) is 5.92 Å². The van der Waals surface area contributed by atoms with Crippen LogP contribution in [0.1, 0.15) is 50.4 Å². The van der Waals surface area contributed by atoms with Crippen molar-refractivity contribution in [2.75, 3.05) is 19.5 Å². The van der Waals surface area contributed by atoms with Crippen molar-refractivity contribution in [3.05, 3.63) is 29.8 Å². The van der Waals surface area contributed by atoms with Crippen molar-refractivity contribution in [1.82, 2.24) is 4.90 Å². The van der Waals surface area contributed by atoms with Crippen LogP contribution in [0.2, 0.25) is 0 Å². The first-order chi connectivity index (χ1) is 12.5. The highest BCUT2D eigenvalue weighted by molar-refractivity contribution is 8.00. The van der Waals surface area contributed by atoms with E-state index in [1.165, 1.54) is 0 Å². The van der Waals surface area contributed by atoms with Gasteiger partial charge in [0, 0.05) is 5.75 Å². The summed E-state index contributed by atoms with van der Waals surface area (Å²) in [6.45, 7) is 6.70. The van der Waals surface area contributed by atoms with Crippen LogP contribution < -0.4 is 4.74 Å². The fourth-order valence-electron chi connectivity index (χ4n) is 2.98. The van der Waals surface area contributed by atoms with Gasteiger partial charge in [-0.1, -0.05) is 39.3 Å². The molecule has 2 rings (SSSR count). The Kier molecular flexibility index (Phi) is 7.82. The Morgan fingerprint density at radius 3 is 2.69 bits per heavy atom. The zero-order chi connectivity index (χ0) is 19.1. The number of unbranched alkanes of at least 4 members (excludes halogenated alkanes) is 1. The molecule has 1 aliphatic rings. The number of esters is 1. The van der Waals surface area contributed by atoms with Crippen molar-refractivity contribution >= 4 is 23.6 Å². The highest BCUT2D eigenvalue weighted by Gasteiger charge is 2.43. The van der Waals surface area contributed by atoms with Gasteiger partial charge in [0.05, 0.1) is 24.7 Å². The first-order valence-electron chi connectivity index (χ1n) is 9.23. The minimum absolute atomic E-state index is 0.0314. The van der Waals surface area contributed by atoms with Gasteiger partial charge in [-0.05, 0) is 30.9 Å². The van der Waals surface area contributed by atoms with E-state index < -0.39 is 6.04 Å². The van der Waals surface area contributed by atoms with Crippen LogP contribution in [-0.4, -0.2) is 47.7 Å². The molecular formula is C20H29NO4S. The predicted molar refractivity (Wildman–Crippen MR) is 105 cm³/mol. The molecule has 2 unspecified atom stereocenters. The molecule has 0 bridgehead atoms. The van der Waals surface area contributed by atoms with Crippen molar-refractivity contribution in [2.45, 2.75) is 51.4 Å². The predicted octanol–water partition coefficient (Wildman–Crippen LogP) is 3.97. The maximum absolute atomic E-state index is 13.3. The number of hydrogen-bond acceptors (Lipinski definition) is 5. The molecule has 26 heavy (non-hydrogen) atoms. The number of methoxy groups -OCH3 is 1. The summed E-state index contributed by atoms with van der Waals surface area (Å²) in [4.78, 5) is 27.6. The lowest BCUT2D eigenvalue weighted by atomic mass is 10.1. The number of ether oxygens (including phenoxy) is 2. The van der Waals surface area contributed by atoms with E-state index in [4.69, 9.17) is 9.47 Å². The van der Waals surface area contributed by atoms with Gasteiger partial charge in [0.15, 0.2) is 0 Å². The molecule has 1 aromatic rings. The minimum atomic E-state index is -0.544. The summed E-state index contributed by atoms with van der Waals surface area (Å²) >= 11 is 1.65. The third-order valence-corrected chi connectivity index (χ3v) is 5.66. The van der Waals surface area contributed by atoms with Crippen LogP contribution >= 0.6 is 11.8 Å². The summed E-state index contributed by atoms with van der Waals surface area (Å²) in [6.07, 6.45) is 2.64. The Morgan fingerprint density at radius 2 is 2.04 bits per heavy atom. The van der Waals surface area contributed by atoms with Crippen LogP contribution in [0.15, 0.2) is 24.3 Å². The normalized spacial score (nSPS) is 19.7. The molecule has 1 saturated heterocycles. The zero-order valence-electron chi connectivity index (χ0n) is 16.1. The third kappa shape index (κ3) is 4.93. The summed E-state index contributed by atoms with van der Waals surface area (Å²) in [5.74, 6) is 1.05. The van der Waals surface area contributed by atoms with Gasteiger partial charge in [-0.3, -0.25) is 4.79 Å². The second kappa shape index (κ2) is 9.86. The Hall–Kier alpha value is -1.69. The van der Waals surface area contributed by atoms with Crippen molar-refractivity contribution in [3.8, 4) is 5.75 Å². The van der Waals surface area contributed by atoms with Crippen LogP contribution in [0.4, 0.5) is 0 Å². The third-order valence-electron chi connectivity index (χ3n) is 4.35. The molecule has 0 aliphatic carbocycles. The molecule has 0 radical (unpaired) electrons. The number of rotatable bonds is 8. The van der Waals surface area contributed by atoms with E-state index in [0.717, 1.165) is 19.3 Å². The van der Waals surface area contributed by atoms with Gasteiger partial charge >= 0.3 is 5.97 Å². The molecule has 2 atom stereocenters. The number of carbonyl (C=O) groups is 2. The smallest absolute Gasteiger partial charge is 0.329 e. The van der Waals surface area contributed by atoms with E-state index in [0.29, 0.717) is 29.6 Å². The van der Waals surface area contributed by atoms with Crippen molar-refractivity contribution in [1.29, 1.82) is 0 Å². The highest BCUT2D eigenvalue weighted by Crippen LogP contribution is 2.36. The molecule has 1 amide bonds. The Labute approximate surface area is 160 Å². The van der Waals surface area contributed by atoms with Gasteiger partial charge < -0.3 is 14.4 Å². The summed E-state index contributed by atoms with van der Waals surface area (Å²) in [6, 6.07) is 6.61. The number of hydrogen-bond donors (Lipinski definition) is 0. The van der Waals surface area contributed by atoms with Gasteiger partial charge in [0.25, 0.3) is 5.91 Å². The Bertz CT molecular complexity index is 620. The molecule has 1 fully saturated rings. The second-order valence-corrected chi connectivity index (χ2v) is 8.08. The van der Waals surface area contributed by atoms with Crippen molar-refractivity contribution in [3.63, 3.8) is 0 Å². The average Bonchev–Trinajstić information content (AvgIpc) is 3.04. The molecule has 5 nitrogen and oxygen atoms in total. The SMILES string of the molecule is CCCCOC(=O)C1CSC(CC(C)C)N1C(=O)c1ccccc1OC. The maximum atomic E-state index is 13.3. The molecule has 0 N–H and O–H groups in total. The topological polar surface area (TPSA) is 55.8 Å². The molecule has 0 spiro atoms. The summed E-state index contributed by atoms with van der Waals surface area (Å²) in [5, 5.41) is -0.0314. The lowest BCUT2D eigenvalue weighted by Crippen LogP contribution is -2.46. The number of para-hydroxylation sites is 1. The molecule has 144 valence electrons. The number of nitrogens with zero attached hydrogens (tertiary/aromatic N) is 1. The minimum Gasteiger partial charge on any atom is -0.496 e. The summed E-state index contributed by atoms with van der Waals surface area (Å²) < 4.78 is 10.8. The molecule has 0 saturated carbocycles. The lowest BCUT2D eigenvalue weighted by molar-refractivity contribution is -0.148. The van der Waals surface area contributed by atoms with Gasteiger partial charge in [-0.15, -0.1) is 11.8 Å². The standard InChI is InChI=1S/C20H29NO4S/c1-5-6-11-25-20(23)16-13-26-18(12-14(2)3)21(16)19(22)15-9-7-8-10-17(15)24-4/h7-10,14,16,18H,5-6,11-13H2,1-4H3. The summed E-state index contributed by atoms with van der Waals surface area (Å²) in [7, 11) is 1.55.